The molecule has 1 aromatic heterocycles. The van der Waals surface area contributed by atoms with Gasteiger partial charge in [0.25, 0.3) is 11.7 Å². The number of aliphatic hydroxyl groups excluding tert-OH is 1. The van der Waals surface area contributed by atoms with Crippen LogP contribution in [0.5, 0.6) is 17.4 Å². The fraction of sp³-hybridized carbons (Fsp3) is 0.375. The summed E-state index contributed by atoms with van der Waals surface area (Å²) in [6.45, 7) is 3.27. The van der Waals surface area contributed by atoms with Crippen molar-refractivity contribution in [3.63, 3.8) is 0 Å². The number of aromatic nitrogens is 2. The highest BCUT2D eigenvalue weighted by atomic mass is 16.5. The molecule has 1 aliphatic heterocycles. The number of benzene rings is 1. The normalized spacial score (nSPS) is 20.7. The van der Waals surface area contributed by atoms with Gasteiger partial charge in [-0.2, -0.15) is 0 Å². The average molecular weight is 482 g/mol. The summed E-state index contributed by atoms with van der Waals surface area (Å²) in [5.41, 5.74) is -0.217. The molecule has 1 aliphatic carbocycles. The minimum Gasteiger partial charge on any atom is -0.484 e. The molecule has 5 N–H and O–H groups in total. The van der Waals surface area contributed by atoms with Crippen LogP contribution in [0.3, 0.4) is 0 Å². The average Bonchev–Trinajstić information content (AvgIpc) is 3.45. The van der Waals surface area contributed by atoms with E-state index in [0.717, 1.165) is 19.5 Å². The van der Waals surface area contributed by atoms with E-state index in [1.165, 1.54) is 24.5 Å². The molecular formula is C24H29N6O5+. The number of likely N-dealkylation sites (tertiary alicyclic amines) is 1. The molecule has 11 nitrogen and oxygen atoms in total. The van der Waals surface area contributed by atoms with Gasteiger partial charge in [-0.05, 0) is 25.0 Å². The molecule has 1 aromatic carbocycles. The highest BCUT2D eigenvalue weighted by Crippen LogP contribution is 2.46. The second-order valence-corrected chi connectivity index (χ2v) is 8.64. The number of carbonyl (C=O) groups excluding carboxylic acids is 2. The molecule has 35 heavy (non-hydrogen) atoms. The van der Waals surface area contributed by atoms with E-state index >= 15 is 0 Å². The first-order valence-electron chi connectivity index (χ1n) is 11.4. The largest absolute Gasteiger partial charge is 0.484 e. The zero-order chi connectivity index (χ0) is 25.0. The standard InChI is InChI=1S/C24H28N6O5/c1-15-11-24(15,14-31)35-18-9-16(22(32)29-20(25)4-5-26-2)8-17(10-18)34-21-13-27-19(12-28-21)23(33)30-6-3-7-30/h4-5,8-10,12-13,15,26,31H,3,6-7,11,14H2,1-2H3,(H2,25,29,32)/p+1/b5-4-/t15-,24?/m1/s1. The molecule has 0 bridgehead atoms. The number of nitrogens with two attached hydrogens (primary N) is 1. The molecule has 0 spiro atoms. The molecule has 2 aromatic rings. The third kappa shape index (κ3) is 5.57. The number of amidine groups is 1. The van der Waals surface area contributed by atoms with E-state index in [4.69, 9.17) is 14.9 Å². The highest BCUT2D eigenvalue weighted by Gasteiger charge is 2.53. The minimum atomic E-state index is -0.689. The van der Waals surface area contributed by atoms with E-state index in [1.807, 2.05) is 6.92 Å². The first kappa shape index (κ1) is 24.1. The first-order chi connectivity index (χ1) is 16.8. The summed E-state index contributed by atoms with van der Waals surface area (Å²) < 4.78 is 11.9. The van der Waals surface area contributed by atoms with Gasteiger partial charge in [0.05, 0.1) is 24.6 Å². The Morgan fingerprint density at radius 2 is 2.00 bits per heavy atom. The number of hydrogen-bond donors (Lipinski definition) is 4. The molecule has 11 heteroatoms. The van der Waals surface area contributed by atoms with Crippen molar-refractivity contribution in [2.45, 2.75) is 25.4 Å². The maximum absolute atomic E-state index is 12.8. The van der Waals surface area contributed by atoms with Crippen LogP contribution < -0.4 is 25.5 Å². The predicted octanol–water partition coefficient (Wildman–Crippen LogP) is -0.115. The van der Waals surface area contributed by atoms with Crippen molar-refractivity contribution in [1.29, 1.82) is 0 Å². The zero-order valence-corrected chi connectivity index (χ0v) is 19.7. The van der Waals surface area contributed by atoms with E-state index in [-0.39, 0.29) is 47.2 Å². The molecule has 2 heterocycles. The van der Waals surface area contributed by atoms with Gasteiger partial charge >= 0.3 is 5.91 Å². The fourth-order valence-corrected chi connectivity index (χ4v) is 3.61. The van der Waals surface area contributed by atoms with Crippen LogP contribution in [-0.4, -0.2) is 70.0 Å². The maximum Gasteiger partial charge on any atom is 0.339 e. The summed E-state index contributed by atoms with van der Waals surface area (Å²) in [6.07, 6.45) is 7.50. The predicted molar refractivity (Wildman–Crippen MR) is 126 cm³/mol. The van der Waals surface area contributed by atoms with E-state index in [2.05, 4.69) is 20.6 Å². The van der Waals surface area contributed by atoms with Gasteiger partial charge in [0.2, 0.25) is 5.88 Å². The van der Waals surface area contributed by atoms with Crippen LogP contribution in [-0.2, 0) is 0 Å². The molecule has 2 aliphatic rings. The maximum atomic E-state index is 12.8. The second kappa shape index (κ2) is 10.1. The number of amides is 2. The number of aliphatic hydroxyl groups is 1. The molecule has 1 unspecified atom stereocenters. The lowest BCUT2D eigenvalue weighted by molar-refractivity contribution is -0.115. The Bertz CT molecular complexity index is 1140. The van der Waals surface area contributed by atoms with Gasteiger partial charge in [-0.1, -0.05) is 6.92 Å². The Labute approximate surface area is 202 Å². The SMILES string of the molecule is CN/C=C\C(=[NH2+])NC(=O)c1cc(Oc2cnc(C(=O)N3CCC3)cn2)cc(OC2(CO)C[C@H]2C)c1. The molecular weight excluding hydrogens is 452 g/mol. The van der Waals surface area contributed by atoms with Crippen molar-refractivity contribution < 1.29 is 29.6 Å². The minimum absolute atomic E-state index is 0.145. The monoisotopic (exact) mass is 481 g/mol. The lowest BCUT2D eigenvalue weighted by atomic mass is 10.1. The van der Waals surface area contributed by atoms with Gasteiger partial charge in [-0.25, -0.2) is 20.1 Å². The summed E-state index contributed by atoms with van der Waals surface area (Å²) in [4.78, 5) is 35.1. The lowest BCUT2D eigenvalue weighted by Crippen LogP contribution is -2.49. The number of rotatable bonds is 9. The van der Waals surface area contributed by atoms with Crippen molar-refractivity contribution in [1.82, 2.24) is 25.5 Å². The van der Waals surface area contributed by atoms with Gasteiger partial charge in [0.15, 0.2) is 0 Å². The number of nitrogens with zero attached hydrogens (tertiary/aromatic N) is 3. The van der Waals surface area contributed by atoms with Crippen LogP contribution >= 0.6 is 0 Å². The van der Waals surface area contributed by atoms with Crippen LogP contribution in [0, 0.1) is 5.92 Å². The summed E-state index contributed by atoms with van der Waals surface area (Å²) >= 11 is 0. The van der Waals surface area contributed by atoms with Crippen LogP contribution in [0.1, 0.15) is 40.6 Å². The molecule has 2 amide bonds. The van der Waals surface area contributed by atoms with Crippen molar-refractivity contribution in [2.75, 3.05) is 26.7 Å². The lowest BCUT2D eigenvalue weighted by Gasteiger charge is -2.30. The molecule has 1 saturated heterocycles. The van der Waals surface area contributed by atoms with Crippen LogP contribution in [0.25, 0.3) is 0 Å². The summed E-state index contributed by atoms with van der Waals surface area (Å²) in [5.74, 6) is 0.456. The Morgan fingerprint density at radius 1 is 1.26 bits per heavy atom. The van der Waals surface area contributed by atoms with Crippen molar-refractivity contribution in [2.24, 2.45) is 5.92 Å². The van der Waals surface area contributed by atoms with Gasteiger partial charge in [-0.15, -0.1) is 0 Å². The molecule has 2 atom stereocenters. The third-order valence-corrected chi connectivity index (χ3v) is 6.02. The van der Waals surface area contributed by atoms with E-state index < -0.39 is 11.5 Å². The Morgan fingerprint density at radius 3 is 2.57 bits per heavy atom. The summed E-state index contributed by atoms with van der Waals surface area (Å²) in [7, 11) is 1.71. The Balaban J connectivity index is 1.55. The van der Waals surface area contributed by atoms with Crippen LogP contribution in [0.15, 0.2) is 42.9 Å². The number of ether oxygens (including phenoxy) is 2. The number of nitrogens with one attached hydrogen (secondary N) is 2. The van der Waals surface area contributed by atoms with Crippen LogP contribution in [0.2, 0.25) is 0 Å². The molecule has 0 radical (unpaired) electrons. The topological polar surface area (TPSA) is 151 Å². The quantitative estimate of drug-likeness (QED) is 0.286. The zero-order valence-electron chi connectivity index (χ0n) is 19.7. The van der Waals surface area contributed by atoms with Crippen molar-refractivity contribution >= 4 is 17.6 Å². The van der Waals surface area contributed by atoms with Gasteiger partial charge in [0, 0.05) is 44.4 Å². The van der Waals surface area contributed by atoms with Crippen molar-refractivity contribution in [3.8, 4) is 17.4 Å². The number of carbonyl (C=O) groups is 2. The highest BCUT2D eigenvalue weighted by molar-refractivity contribution is 6.08. The smallest absolute Gasteiger partial charge is 0.339 e. The number of hydrogen-bond acceptors (Lipinski definition) is 8. The summed E-state index contributed by atoms with van der Waals surface area (Å²) in [5, 5.41) is 21.0. The Kier molecular flexibility index (Phi) is 6.97. The molecule has 184 valence electrons. The third-order valence-electron chi connectivity index (χ3n) is 6.02. The second-order valence-electron chi connectivity index (χ2n) is 8.64. The molecule has 4 rings (SSSR count). The molecule has 2 fully saturated rings. The van der Waals surface area contributed by atoms with E-state index in [9.17, 15) is 14.7 Å². The first-order valence-corrected chi connectivity index (χ1v) is 11.4. The molecule has 1 saturated carbocycles. The van der Waals surface area contributed by atoms with Gasteiger partial charge < -0.3 is 24.8 Å². The van der Waals surface area contributed by atoms with Gasteiger partial charge in [-0.3, -0.25) is 10.2 Å². The van der Waals surface area contributed by atoms with Gasteiger partial charge in [0.1, 0.15) is 22.8 Å². The fourth-order valence-electron chi connectivity index (χ4n) is 3.61. The van der Waals surface area contributed by atoms with Crippen molar-refractivity contribution in [3.05, 3.63) is 54.1 Å². The van der Waals surface area contributed by atoms with Crippen LogP contribution in [0.4, 0.5) is 0 Å². The van der Waals surface area contributed by atoms with E-state index in [1.54, 1.807) is 30.3 Å². The Hall–Kier alpha value is -3.99. The summed E-state index contributed by atoms with van der Waals surface area (Å²) in [6, 6.07) is 4.67. The van der Waals surface area contributed by atoms with E-state index in [0.29, 0.717) is 12.2 Å².